The third-order valence-corrected chi connectivity index (χ3v) is 3.83. The van der Waals surface area contributed by atoms with Crippen molar-refractivity contribution in [2.24, 2.45) is 0 Å². The summed E-state index contributed by atoms with van der Waals surface area (Å²) in [6, 6.07) is 13.7. The molecule has 0 aliphatic rings. The number of nitrogens with one attached hydrogen (secondary N) is 2. The van der Waals surface area contributed by atoms with Crippen LogP contribution in [0.4, 0.5) is 0 Å². The Bertz CT molecular complexity index is 659. The molecule has 0 heterocycles. The van der Waals surface area contributed by atoms with Crippen LogP contribution < -0.4 is 10.9 Å². The summed E-state index contributed by atoms with van der Waals surface area (Å²) >= 11 is 7.50. The fraction of sp³-hybridized carbons (Fsp3) is 0.0667. The van der Waals surface area contributed by atoms with Gasteiger partial charge in [-0.25, -0.2) is 0 Å². The molecule has 0 bridgehead atoms. The molecule has 2 aromatic carbocycles. The Morgan fingerprint density at radius 3 is 2.19 bits per heavy atom. The first-order valence-electron chi connectivity index (χ1n) is 6.11. The minimum absolute atomic E-state index is 0.303. The van der Waals surface area contributed by atoms with E-state index in [4.69, 9.17) is 11.6 Å². The van der Waals surface area contributed by atoms with Crippen molar-refractivity contribution in [1.29, 1.82) is 0 Å². The molecule has 2 rings (SSSR count). The number of hydrogen-bond acceptors (Lipinski definition) is 3. The van der Waals surface area contributed by atoms with Crippen molar-refractivity contribution in [3.05, 3.63) is 64.7 Å². The number of carbonyl (C=O) groups is 2. The van der Waals surface area contributed by atoms with Crippen LogP contribution in [0.1, 0.15) is 20.7 Å². The van der Waals surface area contributed by atoms with Crippen molar-refractivity contribution in [2.45, 2.75) is 4.90 Å². The van der Waals surface area contributed by atoms with Gasteiger partial charge in [0.2, 0.25) is 0 Å². The summed E-state index contributed by atoms with van der Waals surface area (Å²) in [5.41, 5.74) is 5.46. The summed E-state index contributed by atoms with van der Waals surface area (Å²) in [6.45, 7) is 0. The van der Waals surface area contributed by atoms with Crippen molar-refractivity contribution >= 4 is 35.2 Å². The quantitative estimate of drug-likeness (QED) is 0.674. The number of halogens is 1. The summed E-state index contributed by atoms with van der Waals surface area (Å²) < 4.78 is 0. The van der Waals surface area contributed by atoms with E-state index in [1.54, 1.807) is 48.2 Å². The smallest absolute Gasteiger partial charge is 0.267 e. The highest BCUT2D eigenvalue weighted by Crippen LogP contribution is 2.15. The van der Waals surface area contributed by atoms with E-state index in [1.807, 2.05) is 18.4 Å². The molecule has 2 N–H and O–H groups in total. The van der Waals surface area contributed by atoms with Gasteiger partial charge >= 0.3 is 0 Å². The highest BCUT2D eigenvalue weighted by Gasteiger charge is 2.11. The maximum atomic E-state index is 11.9. The van der Waals surface area contributed by atoms with Gasteiger partial charge in [-0.05, 0) is 42.7 Å². The van der Waals surface area contributed by atoms with E-state index in [9.17, 15) is 9.59 Å². The van der Waals surface area contributed by atoms with Crippen LogP contribution in [0, 0.1) is 0 Å². The number of amides is 2. The molecule has 0 unspecified atom stereocenters. The van der Waals surface area contributed by atoms with Gasteiger partial charge in [0, 0.05) is 10.5 Å². The monoisotopic (exact) mass is 320 g/mol. The Labute approximate surface area is 131 Å². The second-order valence-electron chi connectivity index (χ2n) is 4.12. The van der Waals surface area contributed by atoms with Gasteiger partial charge in [-0.1, -0.05) is 23.7 Å². The Morgan fingerprint density at radius 2 is 1.57 bits per heavy atom. The maximum absolute atomic E-state index is 11.9. The number of hydrogen-bond donors (Lipinski definition) is 2. The summed E-state index contributed by atoms with van der Waals surface area (Å²) in [5, 5.41) is 0.327. The molecule has 21 heavy (non-hydrogen) atoms. The lowest BCUT2D eigenvalue weighted by atomic mass is 10.2. The molecule has 0 aromatic heterocycles. The number of benzene rings is 2. The van der Waals surface area contributed by atoms with Gasteiger partial charge in [0.1, 0.15) is 0 Å². The lowest BCUT2D eigenvalue weighted by Gasteiger charge is -2.08. The van der Waals surface area contributed by atoms with Crippen molar-refractivity contribution < 1.29 is 9.59 Å². The SMILES string of the molecule is CSc1ccc(C(=O)NNC(=O)c2ccccc2Cl)cc1. The molecule has 0 saturated heterocycles. The van der Waals surface area contributed by atoms with Crippen LogP contribution in [0.25, 0.3) is 0 Å². The van der Waals surface area contributed by atoms with Gasteiger partial charge in [-0.2, -0.15) is 0 Å². The molecule has 0 spiro atoms. The molecule has 2 amide bonds. The number of carbonyl (C=O) groups excluding carboxylic acids is 2. The molecule has 0 saturated carbocycles. The molecular formula is C15H13ClN2O2S. The average molecular weight is 321 g/mol. The molecule has 4 nitrogen and oxygen atoms in total. The van der Waals surface area contributed by atoms with Crippen molar-refractivity contribution in [3.63, 3.8) is 0 Å². The van der Waals surface area contributed by atoms with Crippen LogP contribution in [0.2, 0.25) is 5.02 Å². The van der Waals surface area contributed by atoms with Crippen molar-refractivity contribution in [1.82, 2.24) is 10.9 Å². The normalized spacial score (nSPS) is 10.0. The van der Waals surface area contributed by atoms with E-state index >= 15 is 0 Å². The zero-order valence-corrected chi connectivity index (χ0v) is 12.8. The molecule has 0 radical (unpaired) electrons. The minimum atomic E-state index is -0.463. The summed E-state index contributed by atoms with van der Waals surface area (Å²) in [6.07, 6.45) is 1.96. The Kier molecular flexibility index (Phi) is 5.25. The first-order chi connectivity index (χ1) is 10.1. The van der Waals surface area contributed by atoms with E-state index in [1.165, 1.54) is 0 Å². The maximum Gasteiger partial charge on any atom is 0.271 e. The zero-order valence-electron chi connectivity index (χ0n) is 11.2. The highest BCUT2D eigenvalue weighted by atomic mass is 35.5. The van der Waals surface area contributed by atoms with E-state index in [0.29, 0.717) is 16.1 Å². The van der Waals surface area contributed by atoms with Gasteiger partial charge in [-0.15, -0.1) is 11.8 Å². The molecular weight excluding hydrogens is 308 g/mol. The second-order valence-corrected chi connectivity index (χ2v) is 5.40. The van der Waals surface area contributed by atoms with Crippen molar-refractivity contribution in [2.75, 3.05) is 6.26 Å². The molecule has 0 atom stereocenters. The first-order valence-corrected chi connectivity index (χ1v) is 7.71. The zero-order chi connectivity index (χ0) is 15.2. The van der Waals surface area contributed by atoms with E-state index in [2.05, 4.69) is 10.9 Å². The predicted molar refractivity (Wildman–Crippen MR) is 84.6 cm³/mol. The molecule has 0 fully saturated rings. The Morgan fingerprint density at radius 1 is 0.952 bits per heavy atom. The van der Waals surface area contributed by atoms with Gasteiger partial charge in [0.25, 0.3) is 11.8 Å². The second kappa shape index (κ2) is 7.15. The molecule has 108 valence electrons. The highest BCUT2D eigenvalue weighted by molar-refractivity contribution is 7.98. The van der Waals surface area contributed by atoms with E-state index < -0.39 is 5.91 Å². The van der Waals surface area contributed by atoms with Crippen LogP contribution in [-0.4, -0.2) is 18.1 Å². The average Bonchev–Trinajstić information content (AvgIpc) is 2.52. The third kappa shape index (κ3) is 4.00. The largest absolute Gasteiger partial charge is 0.271 e. The van der Waals surface area contributed by atoms with Gasteiger partial charge in [0.05, 0.1) is 10.6 Å². The predicted octanol–water partition coefficient (Wildman–Crippen LogP) is 3.14. The summed E-state index contributed by atoms with van der Waals surface area (Å²) in [4.78, 5) is 24.8. The minimum Gasteiger partial charge on any atom is -0.267 e. The van der Waals surface area contributed by atoms with Crippen LogP contribution in [0.15, 0.2) is 53.4 Å². The van der Waals surface area contributed by atoms with Crippen LogP contribution in [-0.2, 0) is 0 Å². The van der Waals surface area contributed by atoms with E-state index in [0.717, 1.165) is 4.90 Å². The fourth-order valence-corrected chi connectivity index (χ4v) is 2.27. The third-order valence-electron chi connectivity index (χ3n) is 2.76. The van der Waals surface area contributed by atoms with E-state index in [-0.39, 0.29) is 5.91 Å². The Hall–Kier alpha value is -1.98. The first kappa shape index (κ1) is 15.4. The summed E-state index contributed by atoms with van der Waals surface area (Å²) in [5.74, 6) is -0.849. The summed E-state index contributed by atoms with van der Waals surface area (Å²) in [7, 11) is 0. The standard InChI is InChI=1S/C15H13ClN2O2S/c1-21-11-8-6-10(7-9-11)14(19)17-18-15(20)12-4-2-3-5-13(12)16/h2-9H,1H3,(H,17,19)(H,18,20). The molecule has 6 heteroatoms. The lowest BCUT2D eigenvalue weighted by Crippen LogP contribution is -2.41. The van der Waals surface area contributed by atoms with Gasteiger partial charge in [0.15, 0.2) is 0 Å². The number of thioether (sulfide) groups is 1. The van der Waals surface area contributed by atoms with Crippen LogP contribution in [0.3, 0.4) is 0 Å². The van der Waals surface area contributed by atoms with Gasteiger partial charge in [-0.3, -0.25) is 20.4 Å². The van der Waals surface area contributed by atoms with Crippen LogP contribution >= 0.6 is 23.4 Å². The van der Waals surface area contributed by atoms with Crippen LogP contribution in [0.5, 0.6) is 0 Å². The topological polar surface area (TPSA) is 58.2 Å². The molecule has 2 aromatic rings. The molecule has 0 aliphatic carbocycles. The number of hydrazine groups is 1. The number of rotatable bonds is 3. The Balaban J connectivity index is 1.97. The lowest BCUT2D eigenvalue weighted by molar-refractivity contribution is 0.0846. The van der Waals surface area contributed by atoms with Crippen molar-refractivity contribution in [3.8, 4) is 0 Å². The molecule has 0 aliphatic heterocycles. The van der Waals surface area contributed by atoms with Gasteiger partial charge < -0.3 is 0 Å². The fourth-order valence-electron chi connectivity index (χ4n) is 1.64.